The van der Waals surface area contributed by atoms with Gasteiger partial charge in [0.15, 0.2) is 0 Å². The van der Waals surface area contributed by atoms with Crippen LogP contribution in [0.25, 0.3) is 0 Å². The first-order chi connectivity index (χ1) is 8.52. The van der Waals surface area contributed by atoms with E-state index in [-0.39, 0.29) is 6.54 Å². The van der Waals surface area contributed by atoms with Crippen molar-refractivity contribution in [3.8, 4) is 0 Å². The van der Waals surface area contributed by atoms with Crippen LogP contribution in [0.2, 0.25) is 0 Å². The second-order valence-corrected chi connectivity index (χ2v) is 4.84. The van der Waals surface area contributed by atoms with Crippen molar-refractivity contribution in [2.75, 3.05) is 6.54 Å². The van der Waals surface area contributed by atoms with Crippen LogP contribution in [0.3, 0.4) is 0 Å². The van der Waals surface area contributed by atoms with E-state index in [1.165, 1.54) is 0 Å². The van der Waals surface area contributed by atoms with Gasteiger partial charge >= 0.3 is 6.18 Å². The molecule has 7 heteroatoms. The first kappa shape index (κ1) is 15.4. The number of amides is 1. The summed E-state index contributed by atoms with van der Waals surface area (Å²) in [5.41, 5.74) is 2.75. The predicted molar refractivity (Wildman–Crippen MR) is 62.0 cm³/mol. The first-order valence-corrected chi connectivity index (χ1v) is 5.45. The third kappa shape index (κ3) is 4.20. The zero-order chi connectivity index (χ0) is 14.8. The van der Waals surface area contributed by atoms with Crippen molar-refractivity contribution in [1.82, 2.24) is 5.32 Å². The third-order valence-electron chi connectivity index (χ3n) is 2.25. The lowest BCUT2D eigenvalue weighted by Crippen LogP contribution is -2.45. The molecule has 0 aliphatic rings. The smallest absolute Gasteiger partial charge is 0.350 e. The second kappa shape index (κ2) is 5.16. The summed E-state index contributed by atoms with van der Waals surface area (Å²) in [6, 6.07) is 2.55. The highest BCUT2D eigenvalue weighted by Crippen LogP contribution is 2.32. The highest BCUT2D eigenvalue weighted by Gasteiger charge is 2.35. The fraction of sp³-hybridized carbons (Fsp3) is 0.417. The molecule has 1 aromatic rings. The van der Waals surface area contributed by atoms with Crippen molar-refractivity contribution in [2.24, 2.45) is 5.73 Å². The SMILES string of the molecule is CC(C)(N)CNC(=O)c1cccc(C(F)(F)F)c1F. The quantitative estimate of drug-likeness (QED) is 0.834. The van der Waals surface area contributed by atoms with Gasteiger partial charge in [-0.1, -0.05) is 6.07 Å². The van der Waals surface area contributed by atoms with Crippen LogP contribution in [-0.2, 0) is 6.18 Å². The van der Waals surface area contributed by atoms with Crippen molar-refractivity contribution < 1.29 is 22.4 Å². The van der Waals surface area contributed by atoms with Crippen molar-refractivity contribution in [2.45, 2.75) is 25.6 Å². The Morgan fingerprint density at radius 2 is 1.89 bits per heavy atom. The van der Waals surface area contributed by atoms with E-state index in [1.54, 1.807) is 13.8 Å². The predicted octanol–water partition coefficient (Wildman–Crippen LogP) is 2.31. The summed E-state index contributed by atoms with van der Waals surface area (Å²) in [5.74, 6) is -2.51. The largest absolute Gasteiger partial charge is 0.419 e. The lowest BCUT2D eigenvalue weighted by molar-refractivity contribution is -0.140. The fourth-order valence-electron chi connectivity index (χ4n) is 1.33. The van der Waals surface area contributed by atoms with E-state index < -0.39 is 34.6 Å². The van der Waals surface area contributed by atoms with Crippen LogP contribution in [0, 0.1) is 5.82 Å². The molecule has 0 saturated heterocycles. The molecule has 0 radical (unpaired) electrons. The van der Waals surface area contributed by atoms with Crippen molar-refractivity contribution in [1.29, 1.82) is 0 Å². The van der Waals surface area contributed by atoms with Crippen LogP contribution in [0.5, 0.6) is 0 Å². The molecule has 0 unspecified atom stereocenters. The molecule has 1 aromatic carbocycles. The molecule has 0 atom stereocenters. The Labute approximate surface area is 107 Å². The molecule has 0 aromatic heterocycles. The van der Waals surface area contributed by atoms with Gasteiger partial charge in [0.1, 0.15) is 5.82 Å². The monoisotopic (exact) mass is 278 g/mol. The van der Waals surface area contributed by atoms with E-state index in [0.717, 1.165) is 12.1 Å². The Morgan fingerprint density at radius 1 is 1.32 bits per heavy atom. The number of nitrogens with one attached hydrogen (secondary N) is 1. The van der Waals surface area contributed by atoms with Crippen LogP contribution in [-0.4, -0.2) is 18.0 Å². The molecular weight excluding hydrogens is 264 g/mol. The molecule has 106 valence electrons. The third-order valence-corrected chi connectivity index (χ3v) is 2.25. The Balaban J connectivity index is 2.99. The Morgan fingerprint density at radius 3 is 2.37 bits per heavy atom. The van der Waals surface area contributed by atoms with Gasteiger partial charge in [0.25, 0.3) is 5.91 Å². The maximum Gasteiger partial charge on any atom is 0.419 e. The van der Waals surface area contributed by atoms with Crippen LogP contribution in [0.15, 0.2) is 18.2 Å². The Bertz CT molecular complexity index is 478. The van der Waals surface area contributed by atoms with Gasteiger partial charge in [-0.05, 0) is 26.0 Å². The first-order valence-electron chi connectivity index (χ1n) is 5.45. The summed E-state index contributed by atoms with van der Waals surface area (Å²) in [5, 5.41) is 2.29. The van der Waals surface area contributed by atoms with Gasteiger partial charge in [-0.25, -0.2) is 4.39 Å². The van der Waals surface area contributed by atoms with Crippen molar-refractivity contribution >= 4 is 5.91 Å². The summed E-state index contributed by atoms with van der Waals surface area (Å²) in [6.07, 6.45) is -4.84. The van der Waals surface area contributed by atoms with Gasteiger partial charge in [-0.2, -0.15) is 13.2 Å². The van der Waals surface area contributed by atoms with E-state index >= 15 is 0 Å². The molecule has 0 aliphatic carbocycles. The molecule has 3 N–H and O–H groups in total. The molecule has 0 heterocycles. The summed E-state index contributed by atoms with van der Waals surface area (Å²) in [4.78, 5) is 11.6. The molecule has 0 aliphatic heterocycles. The van der Waals surface area contributed by atoms with Crippen LogP contribution < -0.4 is 11.1 Å². The molecule has 0 bridgehead atoms. The zero-order valence-electron chi connectivity index (χ0n) is 10.4. The molecule has 0 spiro atoms. The summed E-state index contributed by atoms with van der Waals surface area (Å²) in [6.45, 7) is 3.26. The maximum atomic E-state index is 13.6. The summed E-state index contributed by atoms with van der Waals surface area (Å²) < 4.78 is 51.1. The lowest BCUT2D eigenvalue weighted by atomic mass is 10.1. The number of benzene rings is 1. The van der Waals surface area contributed by atoms with E-state index in [1.807, 2.05) is 0 Å². The summed E-state index contributed by atoms with van der Waals surface area (Å²) in [7, 11) is 0. The molecule has 3 nitrogen and oxygen atoms in total. The van der Waals surface area contributed by atoms with Gasteiger partial charge in [-0.3, -0.25) is 4.79 Å². The average Bonchev–Trinajstić information content (AvgIpc) is 2.23. The number of carbonyl (C=O) groups excluding carboxylic acids is 1. The van der Waals surface area contributed by atoms with E-state index in [0.29, 0.717) is 6.07 Å². The molecular formula is C12H14F4N2O. The molecule has 1 amide bonds. The molecule has 19 heavy (non-hydrogen) atoms. The van der Waals surface area contributed by atoms with Gasteiger partial charge in [0.2, 0.25) is 0 Å². The van der Waals surface area contributed by atoms with Gasteiger partial charge < -0.3 is 11.1 Å². The zero-order valence-corrected chi connectivity index (χ0v) is 10.4. The molecule has 0 saturated carbocycles. The lowest BCUT2D eigenvalue weighted by Gasteiger charge is -2.19. The van der Waals surface area contributed by atoms with Gasteiger partial charge in [-0.15, -0.1) is 0 Å². The minimum Gasteiger partial charge on any atom is -0.350 e. The van der Waals surface area contributed by atoms with Crippen molar-refractivity contribution in [3.63, 3.8) is 0 Å². The maximum absolute atomic E-state index is 13.6. The van der Waals surface area contributed by atoms with Crippen LogP contribution in [0.4, 0.5) is 17.6 Å². The minimum atomic E-state index is -4.84. The number of rotatable bonds is 3. The topological polar surface area (TPSA) is 55.1 Å². The van der Waals surface area contributed by atoms with Crippen LogP contribution in [0.1, 0.15) is 29.8 Å². The van der Waals surface area contributed by atoms with E-state index in [2.05, 4.69) is 5.32 Å². The number of carbonyl (C=O) groups is 1. The van der Waals surface area contributed by atoms with E-state index in [4.69, 9.17) is 5.73 Å². The standard InChI is InChI=1S/C12H14F4N2O/c1-11(2,17)6-18-10(19)7-4-3-5-8(9(7)13)12(14,15)16/h3-5H,6,17H2,1-2H3,(H,18,19). The Hall–Kier alpha value is -1.63. The van der Waals surface area contributed by atoms with Crippen molar-refractivity contribution in [3.05, 3.63) is 35.1 Å². The number of halogens is 4. The average molecular weight is 278 g/mol. The number of hydrogen-bond acceptors (Lipinski definition) is 2. The van der Waals surface area contributed by atoms with Gasteiger partial charge in [0, 0.05) is 12.1 Å². The summed E-state index contributed by atoms with van der Waals surface area (Å²) >= 11 is 0. The van der Waals surface area contributed by atoms with Crippen LogP contribution >= 0.6 is 0 Å². The number of nitrogens with two attached hydrogens (primary N) is 1. The Kier molecular flexibility index (Phi) is 4.19. The second-order valence-electron chi connectivity index (χ2n) is 4.84. The minimum absolute atomic E-state index is 0.0154. The number of alkyl halides is 3. The highest BCUT2D eigenvalue weighted by molar-refractivity contribution is 5.94. The molecule has 1 rings (SSSR count). The van der Waals surface area contributed by atoms with E-state index in [9.17, 15) is 22.4 Å². The van der Waals surface area contributed by atoms with Gasteiger partial charge in [0.05, 0.1) is 11.1 Å². The normalized spacial score (nSPS) is 12.4. The fourth-order valence-corrected chi connectivity index (χ4v) is 1.33. The highest BCUT2D eigenvalue weighted by atomic mass is 19.4. The number of hydrogen-bond donors (Lipinski definition) is 2. The molecule has 0 fully saturated rings.